The monoisotopic (exact) mass is 466 g/mol. The van der Waals surface area contributed by atoms with Crippen molar-refractivity contribution in [2.75, 3.05) is 32.2 Å². The third-order valence-corrected chi connectivity index (χ3v) is 5.90. The van der Waals surface area contributed by atoms with Crippen LogP contribution in [-0.2, 0) is 11.3 Å². The molecule has 0 bridgehead atoms. The molecule has 0 radical (unpaired) electrons. The lowest BCUT2D eigenvalue weighted by molar-refractivity contribution is -0.125. The Kier molecular flexibility index (Phi) is 7.10. The third-order valence-electron chi connectivity index (χ3n) is 5.90. The molecule has 178 valence electrons. The maximum Gasteiger partial charge on any atom is 0.271 e. The molecule has 34 heavy (non-hydrogen) atoms. The number of hydrogen-bond donors (Lipinski definition) is 1. The minimum absolute atomic E-state index is 0.0546. The van der Waals surface area contributed by atoms with E-state index in [1.54, 1.807) is 32.4 Å². The molecule has 1 aromatic heterocycles. The van der Waals surface area contributed by atoms with Gasteiger partial charge < -0.3 is 19.7 Å². The number of carbonyl (C=O) groups excluding carboxylic acids is 1. The first-order chi connectivity index (χ1) is 16.5. The summed E-state index contributed by atoms with van der Waals surface area (Å²) in [5.41, 5.74) is 0.855. The van der Waals surface area contributed by atoms with E-state index in [9.17, 15) is 14.0 Å². The second-order valence-corrected chi connectivity index (χ2v) is 8.10. The lowest BCUT2D eigenvalue weighted by atomic mass is 9.97. The molecule has 0 spiro atoms. The van der Waals surface area contributed by atoms with Crippen molar-refractivity contribution in [3.63, 3.8) is 0 Å². The Labute approximate surface area is 196 Å². The van der Waals surface area contributed by atoms with Crippen LogP contribution in [0, 0.1) is 11.7 Å². The number of carbonyl (C=O) groups is 1. The van der Waals surface area contributed by atoms with Crippen LogP contribution in [-0.4, -0.2) is 43.0 Å². The molecular weight excluding hydrogens is 439 g/mol. The largest absolute Gasteiger partial charge is 0.497 e. The van der Waals surface area contributed by atoms with Crippen molar-refractivity contribution in [1.82, 2.24) is 15.1 Å². The van der Waals surface area contributed by atoms with Crippen LogP contribution in [0.3, 0.4) is 0 Å². The van der Waals surface area contributed by atoms with Crippen molar-refractivity contribution in [2.45, 2.75) is 19.4 Å². The zero-order valence-corrected chi connectivity index (χ0v) is 19.2. The molecular formula is C25H27FN4O4. The maximum absolute atomic E-state index is 13.6. The van der Waals surface area contributed by atoms with Gasteiger partial charge in [0, 0.05) is 37.3 Å². The molecule has 1 fully saturated rings. The standard InChI is InChI=1S/C25H27FN4O4/c1-33-21-9-8-17(22(14-21)34-2)15-27-25(32)18-5-4-12-29(16-18)23-10-11-24(31)30(28-23)20-7-3-6-19(26)13-20/h3,6-11,13-14,18H,4-5,12,15-16H2,1-2H3,(H,27,32)/t18-/m0/s1. The summed E-state index contributed by atoms with van der Waals surface area (Å²) in [6.07, 6.45) is 1.57. The molecule has 0 aliphatic carbocycles. The Morgan fingerprint density at radius 2 is 2.00 bits per heavy atom. The lowest BCUT2D eigenvalue weighted by Gasteiger charge is -2.33. The van der Waals surface area contributed by atoms with Crippen molar-refractivity contribution < 1.29 is 18.7 Å². The van der Waals surface area contributed by atoms with E-state index < -0.39 is 5.82 Å². The molecule has 1 saturated heterocycles. The molecule has 3 aromatic rings. The number of ether oxygens (including phenoxy) is 2. The first-order valence-corrected chi connectivity index (χ1v) is 11.1. The lowest BCUT2D eigenvalue weighted by Crippen LogP contribution is -2.43. The summed E-state index contributed by atoms with van der Waals surface area (Å²) in [6, 6.07) is 14.3. The van der Waals surface area contributed by atoms with Crippen molar-refractivity contribution in [1.29, 1.82) is 0 Å². The Bertz CT molecular complexity index is 1230. The predicted octanol–water partition coefficient (Wildman–Crippen LogP) is 2.92. The molecule has 1 amide bonds. The van der Waals surface area contributed by atoms with E-state index in [0.717, 1.165) is 18.4 Å². The highest BCUT2D eigenvalue weighted by atomic mass is 19.1. The molecule has 1 aliphatic rings. The van der Waals surface area contributed by atoms with Crippen molar-refractivity contribution in [2.24, 2.45) is 5.92 Å². The minimum atomic E-state index is -0.445. The van der Waals surface area contributed by atoms with Gasteiger partial charge in [-0.3, -0.25) is 9.59 Å². The number of nitrogens with one attached hydrogen (secondary N) is 1. The fourth-order valence-electron chi connectivity index (χ4n) is 4.09. The molecule has 2 heterocycles. The summed E-state index contributed by atoms with van der Waals surface area (Å²) in [5, 5.41) is 7.44. The number of piperidine rings is 1. The number of methoxy groups -OCH3 is 2. The molecule has 9 heteroatoms. The summed E-state index contributed by atoms with van der Waals surface area (Å²) >= 11 is 0. The van der Waals surface area contributed by atoms with E-state index >= 15 is 0 Å². The normalized spacial score (nSPS) is 15.6. The fraction of sp³-hybridized carbons (Fsp3) is 0.320. The number of aromatic nitrogens is 2. The Morgan fingerprint density at radius 1 is 1.15 bits per heavy atom. The van der Waals surface area contributed by atoms with Crippen molar-refractivity contribution >= 4 is 11.7 Å². The van der Waals surface area contributed by atoms with Crippen LogP contribution < -0.4 is 25.2 Å². The van der Waals surface area contributed by atoms with Gasteiger partial charge in [-0.2, -0.15) is 4.68 Å². The highest BCUT2D eigenvalue weighted by molar-refractivity contribution is 5.79. The molecule has 1 N–H and O–H groups in total. The number of hydrogen-bond acceptors (Lipinski definition) is 6. The molecule has 0 saturated carbocycles. The maximum atomic E-state index is 13.6. The van der Waals surface area contributed by atoms with Gasteiger partial charge in [0.2, 0.25) is 5.91 Å². The van der Waals surface area contributed by atoms with Gasteiger partial charge in [0.05, 0.1) is 25.8 Å². The van der Waals surface area contributed by atoms with E-state index in [4.69, 9.17) is 9.47 Å². The van der Waals surface area contributed by atoms with Gasteiger partial charge in [-0.1, -0.05) is 6.07 Å². The zero-order valence-electron chi connectivity index (χ0n) is 19.2. The number of anilines is 1. The average Bonchev–Trinajstić information content (AvgIpc) is 2.87. The smallest absolute Gasteiger partial charge is 0.271 e. The van der Waals surface area contributed by atoms with Gasteiger partial charge in [0.25, 0.3) is 5.56 Å². The topological polar surface area (TPSA) is 85.7 Å². The van der Waals surface area contributed by atoms with Gasteiger partial charge in [0.15, 0.2) is 0 Å². The van der Waals surface area contributed by atoms with E-state index in [-0.39, 0.29) is 17.4 Å². The quantitative estimate of drug-likeness (QED) is 0.576. The highest BCUT2D eigenvalue weighted by Crippen LogP contribution is 2.25. The van der Waals surface area contributed by atoms with E-state index in [0.29, 0.717) is 42.6 Å². The molecule has 0 unspecified atom stereocenters. The van der Waals surface area contributed by atoms with Gasteiger partial charge in [-0.15, -0.1) is 5.10 Å². The van der Waals surface area contributed by atoms with Crippen LogP contribution in [0.5, 0.6) is 11.5 Å². The number of benzene rings is 2. The summed E-state index contributed by atoms with van der Waals surface area (Å²) < 4.78 is 25.5. The second kappa shape index (κ2) is 10.4. The van der Waals surface area contributed by atoms with Crippen LogP contribution in [0.15, 0.2) is 59.4 Å². The molecule has 1 aliphatic heterocycles. The molecule has 4 rings (SSSR count). The van der Waals surface area contributed by atoms with Crippen LogP contribution in [0.25, 0.3) is 5.69 Å². The zero-order chi connectivity index (χ0) is 24.1. The van der Waals surface area contributed by atoms with Gasteiger partial charge in [0.1, 0.15) is 23.1 Å². The Balaban J connectivity index is 1.45. The number of nitrogens with zero attached hydrogens (tertiary/aromatic N) is 3. The summed E-state index contributed by atoms with van der Waals surface area (Å²) in [7, 11) is 3.17. The first kappa shape index (κ1) is 23.3. The summed E-state index contributed by atoms with van der Waals surface area (Å²) in [4.78, 5) is 27.2. The van der Waals surface area contributed by atoms with E-state index in [1.807, 2.05) is 17.0 Å². The second-order valence-electron chi connectivity index (χ2n) is 8.10. The highest BCUT2D eigenvalue weighted by Gasteiger charge is 2.27. The number of rotatable bonds is 7. The molecule has 2 aromatic carbocycles. The van der Waals surface area contributed by atoms with Gasteiger partial charge >= 0.3 is 0 Å². The van der Waals surface area contributed by atoms with E-state index in [2.05, 4.69) is 10.4 Å². The molecule has 8 nitrogen and oxygen atoms in total. The fourth-order valence-corrected chi connectivity index (χ4v) is 4.09. The summed E-state index contributed by atoms with van der Waals surface area (Å²) in [5.74, 6) is 1.17. The number of halogens is 1. The summed E-state index contributed by atoms with van der Waals surface area (Å²) in [6.45, 7) is 1.52. The van der Waals surface area contributed by atoms with Crippen molar-refractivity contribution in [3.05, 3.63) is 76.3 Å². The average molecular weight is 467 g/mol. The number of amides is 1. The minimum Gasteiger partial charge on any atom is -0.497 e. The van der Waals surface area contributed by atoms with Crippen LogP contribution in [0.4, 0.5) is 10.2 Å². The van der Waals surface area contributed by atoms with Crippen LogP contribution in [0.1, 0.15) is 18.4 Å². The third kappa shape index (κ3) is 5.19. The van der Waals surface area contributed by atoms with E-state index in [1.165, 1.54) is 28.9 Å². The van der Waals surface area contributed by atoms with Gasteiger partial charge in [-0.05, 0) is 49.2 Å². The van der Waals surface area contributed by atoms with Crippen LogP contribution in [0.2, 0.25) is 0 Å². The van der Waals surface area contributed by atoms with Gasteiger partial charge in [-0.25, -0.2) is 4.39 Å². The first-order valence-electron chi connectivity index (χ1n) is 11.1. The Morgan fingerprint density at radius 3 is 2.76 bits per heavy atom. The van der Waals surface area contributed by atoms with Crippen LogP contribution >= 0.6 is 0 Å². The Hall–Kier alpha value is -3.88. The van der Waals surface area contributed by atoms with Crippen molar-refractivity contribution in [3.8, 4) is 17.2 Å². The predicted molar refractivity (Wildman–Crippen MR) is 126 cm³/mol. The molecule has 1 atom stereocenters. The SMILES string of the molecule is COc1ccc(CNC(=O)[C@H]2CCCN(c3ccc(=O)n(-c4cccc(F)c4)n3)C2)c(OC)c1.